The van der Waals surface area contributed by atoms with Crippen molar-refractivity contribution in [3.63, 3.8) is 0 Å². The summed E-state index contributed by atoms with van der Waals surface area (Å²) in [5.41, 5.74) is 2.05. The Morgan fingerprint density at radius 3 is 2.64 bits per heavy atom. The molecule has 4 aliphatic heterocycles. The van der Waals surface area contributed by atoms with Crippen LogP contribution in [0.25, 0.3) is 11.3 Å². The summed E-state index contributed by atoms with van der Waals surface area (Å²) < 4.78 is 39.3. The van der Waals surface area contributed by atoms with Crippen LogP contribution in [0.15, 0.2) is 23.4 Å². The van der Waals surface area contributed by atoms with Crippen LogP contribution < -0.4 is 0 Å². The third-order valence-corrected chi connectivity index (χ3v) is 9.43. The summed E-state index contributed by atoms with van der Waals surface area (Å²) in [7, 11) is -3.67. The van der Waals surface area contributed by atoms with Crippen molar-refractivity contribution in [3.05, 3.63) is 29.6 Å². The maximum Gasteiger partial charge on any atom is 0.274 e. The van der Waals surface area contributed by atoms with Gasteiger partial charge in [-0.05, 0) is 50.3 Å². The summed E-state index contributed by atoms with van der Waals surface area (Å²) in [4.78, 5) is 22.0. The lowest BCUT2D eigenvalue weighted by Crippen LogP contribution is -2.41. The van der Waals surface area contributed by atoms with Gasteiger partial charge in [0.15, 0.2) is 10.7 Å². The van der Waals surface area contributed by atoms with Gasteiger partial charge in [0.2, 0.25) is 9.84 Å². The fourth-order valence-corrected chi connectivity index (χ4v) is 7.52. The van der Waals surface area contributed by atoms with Crippen LogP contribution in [-0.4, -0.2) is 98.0 Å². The first-order chi connectivity index (χ1) is 17.5. The lowest BCUT2D eigenvalue weighted by atomic mass is 9.97. The monoisotopic (exact) mass is 515 g/mol. The molecule has 0 radical (unpaired) electrons. The Morgan fingerprint density at radius 1 is 1.06 bits per heavy atom. The zero-order valence-electron chi connectivity index (χ0n) is 20.5. The third-order valence-electron chi connectivity index (χ3n) is 7.85. The van der Waals surface area contributed by atoms with Gasteiger partial charge in [0.1, 0.15) is 0 Å². The standard InChI is InChI=1S/C25H33N5O5S/c31-25(29-9-13-35-14-10-29)22-21-17-36(32,33)24-20(4-1-7-26-24)23(21)30(27-22)19-3-2-8-28(16-19)15-18-5-11-34-12-6-18/h1,4,7,18-19H,2-3,5-6,8-17H2/t19-/m1/s1. The largest absolute Gasteiger partial charge is 0.381 e. The lowest BCUT2D eigenvalue weighted by molar-refractivity contribution is 0.0297. The summed E-state index contributed by atoms with van der Waals surface area (Å²) in [5.74, 6) is 0.166. The van der Waals surface area contributed by atoms with Gasteiger partial charge in [0.05, 0.1) is 30.7 Å². The van der Waals surface area contributed by atoms with Crippen LogP contribution in [0.4, 0.5) is 0 Å². The number of likely N-dealkylation sites (tertiary alicyclic amines) is 1. The van der Waals surface area contributed by atoms with Crippen LogP contribution in [0.2, 0.25) is 0 Å². The number of carbonyl (C=O) groups is 1. The minimum atomic E-state index is -3.67. The Kier molecular flexibility index (Phi) is 6.57. The first-order valence-electron chi connectivity index (χ1n) is 13.0. The number of hydrogen-bond acceptors (Lipinski definition) is 8. The van der Waals surface area contributed by atoms with Gasteiger partial charge in [-0.2, -0.15) is 5.10 Å². The number of piperidine rings is 1. The summed E-state index contributed by atoms with van der Waals surface area (Å²) in [6.07, 6.45) is 5.67. The second-order valence-electron chi connectivity index (χ2n) is 10.3. The van der Waals surface area contributed by atoms with Crippen molar-refractivity contribution >= 4 is 15.7 Å². The molecule has 3 saturated heterocycles. The van der Waals surface area contributed by atoms with Crippen molar-refractivity contribution in [2.75, 3.05) is 59.2 Å². The smallest absolute Gasteiger partial charge is 0.274 e. The average molecular weight is 516 g/mol. The van der Waals surface area contributed by atoms with E-state index in [1.165, 1.54) is 6.20 Å². The second-order valence-corrected chi connectivity index (χ2v) is 12.2. The van der Waals surface area contributed by atoms with Crippen molar-refractivity contribution in [1.82, 2.24) is 24.6 Å². The van der Waals surface area contributed by atoms with Gasteiger partial charge in [-0.1, -0.05) is 0 Å². The topological polar surface area (TPSA) is 107 Å². The Balaban J connectivity index is 1.38. The van der Waals surface area contributed by atoms with E-state index < -0.39 is 9.84 Å². The van der Waals surface area contributed by atoms with E-state index in [0.717, 1.165) is 64.2 Å². The molecule has 2 aromatic heterocycles. The number of morpholine rings is 1. The maximum absolute atomic E-state index is 13.6. The van der Waals surface area contributed by atoms with Crippen molar-refractivity contribution in [1.29, 1.82) is 0 Å². The van der Waals surface area contributed by atoms with E-state index in [9.17, 15) is 13.2 Å². The molecule has 0 saturated carbocycles. The molecule has 1 amide bonds. The van der Waals surface area contributed by atoms with Crippen molar-refractivity contribution < 1.29 is 22.7 Å². The molecule has 1 atom stereocenters. The lowest BCUT2D eigenvalue weighted by Gasteiger charge is -2.36. The summed E-state index contributed by atoms with van der Waals surface area (Å²) in [6, 6.07) is 3.61. The predicted molar refractivity (Wildman–Crippen MR) is 131 cm³/mol. The molecular formula is C25H33N5O5S. The number of amides is 1. The fraction of sp³-hybridized carbons (Fsp3) is 0.640. The quantitative estimate of drug-likeness (QED) is 0.607. The van der Waals surface area contributed by atoms with E-state index in [0.29, 0.717) is 43.3 Å². The molecular weight excluding hydrogens is 482 g/mol. The number of pyridine rings is 1. The third kappa shape index (κ3) is 4.46. The highest BCUT2D eigenvalue weighted by molar-refractivity contribution is 7.90. The van der Waals surface area contributed by atoms with Crippen LogP contribution in [-0.2, 0) is 25.1 Å². The van der Waals surface area contributed by atoms with E-state index in [2.05, 4.69) is 9.88 Å². The Hall–Kier alpha value is -2.34. The number of carbonyl (C=O) groups excluding carboxylic acids is 1. The van der Waals surface area contributed by atoms with Crippen LogP contribution in [0.1, 0.15) is 47.8 Å². The Bertz CT molecular complexity index is 1230. The minimum absolute atomic E-state index is 0.0624. The van der Waals surface area contributed by atoms with Crippen LogP contribution >= 0.6 is 0 Å². The Labute approximate surface area is 211 Å². The molecule has 36 heavy (non-hydrogen) atoms. The molecule has 0 unspecified atom stereocenters. The molecule has 0 N–H and O–H groups in total. The first kappa shape index (κ1) is 24.0. The Morgan fingerprint density at radius 2 is 1.83 bits per heavy atom. The summed E-state index contributed by atoms with van der Waals surface area (Å²) in [5, 5.41) is 4.96. The van der Waals surface area contributed by atoms with Gasteiger partial charge in [0, 0.05) is 56.7 Å². The van der Waals surface area contributed by atoms with Gasteiger partial charge in [0.25, 0.3) is 5.91 Å². The van der Waals surface area contributed by atoms with E-state index in [4.69, 9.17) is 14.6 Å². The fourth-order valence-electron chi connectivity index (χ4n) is 6.01. The van der Waals surface area contributed by atoms with Crippen molar-refractivity contribution in [3.8, 4) is 11.3 Å². The highest BCUT2D eigenvalue weighted by atomic mass is 32.2. The molecule has 194 valence electrons. The molecule has 0 aliphatic carbocycles. The first-order valence-corrected chi connectivity index (χ1v) is 14.6. The molecule has 0 bridgehead atoms. The highest BCUT2D eigenvalue weighted by Crippen LogP contribution is 2.41. The van der Waals surface area contributed by atoms with E-state index in [-0.39, 0.29) is 28.4 Å². The highest BCUT2D eigenvalue weighted by Gasteiger charge is 2.39. The summed E-state index contributed by atoms with van der Waals surface area (Å²) in [6.45, 7) is 6.49. The number of hydrogen-bond donors (Lipinski definition) is 0. The van der Waals surface area contributed by atoms with E-state index in [1.54, 1.807) is 17.0 Å². The maximum atomic E-state index is 13.6. The van der Waals surface area contributed by atoms with Gasteiger partial charge in [-0.15, -0.1) is 0 Å². The van der Waals surface area contributed by atoms with Crippen LogP contribution in [0.5, 0.6) is 0 Å². The molecule has 0 spiro atoms. The SMILES string of the molecule is O=C(c1nn([C@@H]2CCCN(CC3CCOCC3)C2)c2c1CS(=O)(=O)c1ncccc1-2)N1CCOCC1. The van der Waals surface area contributed by atoms with E-state index >= 15 is 0 Å². The number of rotatable bonds is 4. The van der Waals surface area contributed by atoms with Gasteiger partial charge < -0.3 is 19.3 Å². The van der Waals surface area contributed by atoms with Crippen LogP contribution in [0.3, 0.4) is 0 Å². The normalized spacial score (nSPS) is 24.8. The van der Waals surface area contributed by atoms with Crippen molar-refractivity contribution in [2.24, 2.45) is 5.92 Å². The van der Waals surface area contributed by atoms with Crippen molar-refractivity contribution in [2.45, 2.75) is 42.5 Å². The molecule has 10 nitrogen and oxygen atoms in total. The number of aromatic nitrogens is 3. The molecule has 3 fully saturated rings. The molecule has 6 rings (SSSR count). The number of sulfone groups is 1. The number of ether oxygens (including phenoxy) is 2. The predicted octanol–water partition coefficient (Wildman–Crippen LogP) is 1.77. The number of nitrogens with zero attached hydrogens (tertiary/aromatic N) is 5. The molecule has 0 aromatic carbocycles. The van der Waals surface area contributed by atoms with Gasteiger partial charge >= 0.3 is 0 Å². The minimum Gasteiger partial charge on any atom is -0.381 e. The second kappa shape index (κ2) is 9.85. The van der Waals surface area contributed by atoms with Crippen LogP contribution in [0, 0.1) is 5.92 Å². The molecule has 11 heteroatoms. The zero-order chi connectivity index (χ0) is 24.7. The summed E-state index contributed by atoms with van der Waals surface area (Å²) >= 11 is 0. The van der Waals surface area contributed by atoms with Gasteiger partial charge in [-0.25, -0.2) is 13.4 Å². The zero-order valence-corrected chi connectivity index (χ0v) is 21.3. The average Bonchev–Trinajstić information content (AvgIpc) is 3.28. The van der Waals surface area contributed by atoms with Gasteiger partial charge in [-0.3, -0.25) is 9.48 Å². The van der Waals surface area contributed by atoms with E-state index in [1.807, 2.05) is 4.68 Å². The molecule has 2 aromatic rings. The molecule has 4 aliphatic rings. The molecule has 6 heterocycles. The number of fused-ring (bicyclic) bond motifs is 3.